The van der Waals surface area contributed by atoms with Gasteiger partial charge in [0.05, 0.1) is 5.75 Å². The molecule has 23 heavy (non-hydrogen) atoms. The van der Waals surface area contributed by atoms with Gasteiger partial charge in [0.25, 0.3) is 0 Å². The fraction of sp³-hybridized carbons (Fsp3) is 0.312. The van der Waals surface area contributed by atoms with E-state index in [1.807, 2.05) is 18.2 Å². The molecule has 1 saturated heterocycles. The van der Waals surface area contributed by atoms with Gasteiger partial charge in [-0.15, -0.1) is 0 Å². The molecular weight excluding hydrogens is 334 g/mol. The minimum Gasteiger partial charge on any atom is -0.355 e. The highest BCUT2D eigenvalue weighted by molar-refractivity contribution is 7.88. The van der Waals surface area contributed by atoms with Crippen molar-refractivity contribution in [1.82, 2.24) is 9.71 Å². The molecule has 0 saturated carbocycles. The van der Waals surface area contributed by atoms with Gasteiger partial charge in [-0.05, 0) is 30.2 Å². The van der Waals surface area contributed by atoms with Crippen LogP contribution in [-0.2, 0) is 15.8 Å². The zero-order valence-electron chi connectivity index (χ0n) is 12.5. The molecule has 1 unspecified atom stereocenters. The van der Waals surface area contributed by atoms with Crippen LogP contribution in [0.25, 0.3) is 0 Å². The summed E-state index contributed by atoms with van der Waals surface area (Å²) in [6.45, 7) is 1.41. The Balaban J connectivity index is 1.62. The molecule has 0 aliphatic carbocycles. The van der Waals surface area contributed by atoms with Crippen molar-refractivity contribution in [1.29, 1.82) is 0 Å². The first-order valence-electron chi connectivity index (χ1n) is 7.43. The molecule has 1 aliphatic heterocycles. The smallest absolute Gasteiger partial charge is 0.216 e. The predicted molar refractivity (Wildman–Crippen MR) is 92.1 cm³/mol. The molecule has 1 aromatic carbocycles. The highest BCUT2D eigenvalue weighted by Crippen LogP contribution is 2.20. The van der Waals surface area contributed by atoms with Gasteiger partial charge >= 0.3 is 0 Å². The molecule has 1 fully saturated rings. The summed E-state index contributed by atoms with van der Waals surface area (Å²) in [7, 11) is -3.43. The van der Waals surface area contributed by atoms with Crippen LogP contribution in [0.4, 0.5) is 5.82 Å². The van der Waals surface area contributed by atoms with Gasteiger partial charge in [-0.25, -0.2) is 18.1 Å². The molecule has 0 amide bonds. The van der Waals surface area contributed by atoms with Crippen LogP contribution in [0.15, 0.2) is 48.7 Å². The largest absolute Gasteiger partial charge is 0.355 e. The molecule has 0 radical (unpaired) electrons. The first-order chi connectivity index (χ1) is 11.0. The number of anilines is 1. The quantitative estimate of drug-likeness (QED) is 0.898. The van der Waals surface area contributed by atoms with Crippen molar-refractivity contribution < 1.29 is 8.42 Å². The van der Waals surface area contributed by atoms with Crippen molar-refractivity contribution in [2.24, 2.45) is 0 Å². The van der Waals surface area contributed by atoms with Gasteiger partial charge in [0.1, 0.15) is 5.82 Å². The maximum atomic E-state index is 12.3. The highest BCUT2D eigenvalue weighted by Gasteiger charge is 2.27. The second kappa shape index (κ2) is 6.86. The van der Waals surface area contributed by atoms with Crippen molar-refractivity contribution in [3.8, 4) is 0 Å². The van der Waals surface area contributed by atoms with Crippen LogP contribution in [0.1, 0.15) is 12.0 Å². The van der Waals surface area contributed by atoms with Gasteiger partial charge in [0.2, 0.25) is 10.0 Å². The topological polar surface area (TPSA) is 62.3 Å². The summed E-state index contributed by atoms with van der Waals surface area (Å²) < 4.78 is 27.5. The second-order valence-corrected chi connectivity index (χ2v) is 7.75. The molecule has 1 aromatic heterocycles. The fourth-order valence-corrected chi connectivity index (χ4v) is 4.45. The number of benzene rings is 1. The number of nitrogens with zero attached hydrogens (tertiary/aromatic N) is 2. The van der Waals surface area contributed by atoms with Crippen molar-refractivity contribution in [3.05, 3.63) is 59.2 Å². The van der Waals surface area contributed by atoms with Crippen LogP contribution in [-0.4, -0.2) is 32.5 Å². The average molecular weight is 352 g/mol. The van der Waals surface area contributed by atoms with Crippen LogP contribution in [0.3, 0.4) is 0 Å². The Morgan fingerprint density at radius 1 is 1.22 bits per heavy atom. The van der Waals surface area contributed by atoms with Crippen LogP contribution in [0, 0.1) is 0 Å². The minimum atomic E-state index is -3.43. The van der Waals surface area contributed by atoms with Crippen LogP contribution in [0.2, 0.25) is 5.02 Å². The lowest BCUT2D eigenvalue weighted by Gasteiger charge is -2.18. The zero-order valence-corrected chi connectivity index (χ0v) is 14.1. The molecule has 0 bridgehead atoms. The Bertz CT molecular complexity index is 768. The molecule has 1 N–H and O–H groups in total. The molecule has 7 heteroatoms. The lowest BCUT2D eigenvalue weighted by Crippen LogP contribution is -2.37. The van der Waals surface area contributed by atoms with E-state index >= 15 is 0 Å². The van der Waals surface area contributed by atoms with Gasteiger partial charge in [0, 0.05) is 30.4 Å². The number of aromatic nitrogens is 1. The highest BCUT2D eigenvalue weighted by atomic mass is 35.5. The minimum absolute atomic E-state index is 0.104. The van der Waals surface area contributed by atoms with Crippen LogP contribution >= 0.6 is 11.6 Å². The summed E-state index contributed by atoms with van der Waals surface area (Å²) >= 11 is 6.04. The first kappa shape index (κ1) is 16.2. The SMILES string of the molecule is O=S(=O)(Cc1ccccc1Cl)NC1CCN(c2ccccn2)C1. The Kier molecular flexibility index (Phi) is 4.84. The van der Waals surface area contributed by atoms with Crippen LogP contribution < -0.4 is 9.62 Å². The summed E-state index contributed by atoms with van der Waals surface area (Å²) in [5.74, 6) is 0.771. The van der Waals surface area contributed by atoms with Crippen molar-refractivity contribution in [3.63, 3.8) is 0 Å². The summed E-state index contributed by atoms with van der Waals surface area (Å²) in [5, 5.41) is 0.472. The summed E-state index contributed by atoms with van der Waals surface area (Å²) in [6.07, 6.45) is 2.50. The maximum absolute atomic E-state index is 12.3. The van der Waals surface area contributed by atoms with Crippen molar-refractivity contribution >= 4 is 27.4 Å². The lowest BCUT2D eigenvalue weighted by molar-refractivity contribution is 0.560. The fourth-order valence-electron chi connectivity index (χ4n) is 2.72. The van der Waals surface area contributed by atoms with E-state index in [1.54, 1.807) is 30.5 Å². The third-order valence-corrected chi connectivity index (χ3v) is 5.56. The van der Waals surface area contributed by atoms with E-state index in [4.69, 9.17) is 11.6 Å². The van der Waals surface area contributed by atoms with Gasteiger partial charge in [-0.2, -0.15) is 0 Å². The monoisotopic (exact) mass is 351 g/mol. The third-order valence-electron chi connectivity index (χ3n) is 3.81. The maximum Gasteiger partial charge on any atom is 0.216 e. The Morgan fingerprint density at radius 2 is 2.00 bits per heavy atom. The number of hydrogen-bond acceptors (Lipinski definition) is 4. The Labute approximate surface area is 141 Å². The number of sulfonamides is 1. The number of rotatable bonds is 5. The standard InChI is InChI=1S/C16H18ClN3O2S/c17-15-6-2-1-5-13(15)12-23(21,22)19-14-8-10-20(11-14)16-7-3-4-9-18-16/h1-7,9,14,19H,8,10-12H2. The second-order valence-electron chi connectivity index (χ2n) is 5.59. The number of pyridine rings is 1. The van der Waals surface area contributed by atoms with E-state index in [9.17, 15) is 8.42 Å². The average Bonchev–Trinajstić information content (AvgIpc) is 2.98. The van der Waals surface area contributed by atoms with Crippen molar-refractivity contribution in [2.45, 2.75) is 18.2 Å². The van der Waals surface area contributed by atoms with Gasteiger partial charge in [0.15, 0.2) is 0 Å². The van der Waals surface area contributed by atoms with Gasteiger partial charge in [-0.3, -0.25) is 0 Å². The zero-order chi connectivity index (χ0) is 16.3. The van der Waals surface area contributed by atoms with Gasteiger partial charge < -0.3 is 4.90 Å². The first-order valence-corrected chi connectivity index (χ1v) is 9.46. The molecule has 0 spiro atoms. The van der Waals surface area contributed by atoms with E-state index in [2.05, 4.69) is 14.6 Å². The van der Waals surface area contributed by atoms with Gasteiger partial charge in [-0.1, -0.05) is 35.9 Å². The van der Waals surface area contributed by atoms with Crippen LogP contribution in [0.5, 0.6) is 0 Å². The Morgan fingerprint density at radius 3 is 2.74 bits per heavy atom. The number of halogens is 1. The molecule has 2 aromatic rings. The van der Waals surface area contributed by atoms with E-state index < -0.39 is 10.0 Å². The van der Waals surface area contributed by atoms with Crippen molar-refractivity contribution in [2.75, 3.05) is 18.0 Å². The molecule has 2 heterocycles. The molecular formula is C16H18ClN3O2S. The predicted octanol–water partition coefficient (Wildman–Crippen LogP) is 2.43. The molecule has 1 atom stereocenters. The molecule has 3 rings (SSSR count). The lowest BCUT2D eigenvalue weighted by atomic mass is 10.2. The molecule has 1 aliphatic rings. The van der Waals surface area contributed by atoms with E-state index in [1.165, 1.54) is 0 Å². The normalized spacial score (nSPS) is 18.3. The molecule has 5 nitrogen and oxygen atoms in total. The van der Waals surface area contributed by atoms with E-state index in [0.717, 1.165) is 18.8 Å². The number of nitrogens with one attached hydrogen (secondary N) is 1. The summed E-state index contributed by atoms with van der Waals surface area (Å²) in [5.41, 5.74) is 0.612. The number of hydrogen-bond donors (Lipinski definition) is 1. The van der Waals surface area contributed by atoms with E-state index in [-0.39, 0.29) is 11.8 Å². The summed E-state index contributed by atoms with van der Waals surface area (Å²) in [4.78, 5) is 6.39. The summed E-state index contributed by atoms with van der Waals surface area (Å²) in [6, 6.07) is 12.6. The Hall–Kier alpha value is -1.63. The third kappa shape index (κ3) is 4.22. The van der Waals surface area contributed by atoms with E-state index in [0.29, 0.717) is 17.1 Å². The molecule has 122 valence electrons.